The lowest BCUT2D eigenvalue weighted by Gasteiger charge is -2.07. The van der Waals surface area contributed by atoms with E-state index in [0.29, 0.717) is 24.5 Å². The molecule has 2 aliphatic rings. The quantitative estimate of drug-likeness (QED) is 0.800. The van der Waals surface area contributed by atoms with Crippen LogP contribution in [0.5, 0.6) is 0 Å². The summed E-state index contributed by atoms with van der Waals surface area (Å²) in [5.41, 5.74) is 1.36. The van der Waals surface area contributed by atoms with Crippen molar-refractivity contribution in [3.63, 3.8) is 0 Å². The Morgan fingerprint density at radius 1 is 1.65 bits per heavy atom. The SMILES string of the molecule is CCOC(=O)c1cc(C2=CC3CCC2N3)on1. The molecule has 1 fully saturated rings. The van der Waals surface area contributed by atoms with E-state index in [2.05, 4.69) is 16.5 Å². The highest BCUT2D eigenvalue weighted by Gasteiger charge is 2.34. The van der Waals surface area contributed by atoms with Crippen molar-refractivity contribution in [1.29, 1.82) is 0 Å². The van der Waals surface area contributed by atoms with Gasteiger partial charge in [0, 0.05) is 23.7 Å². The standard InChI is InChI=1S/C12H14N2O3/c1-2-16-12(15)10-6-11(17-14-10)8-5-7-3-4-9(8)13-7/h5-7,9,13H,2-4H2,1H3. The van der Waals surface area contributed by atoms with Crippen LogP contribution in [0.15, 0.2) is 16.7 Å². The van der Waals surface area contributed by atoms with Crippen LogP contribution in [0.3, 0.4) is 0 Å². The zero-order valence-corrected chi connectivity index (χ0v) is 9.60. The Kier molecular flexibility index (Phi) is 2.48. The molecular formula is C12H14N2O3. The lowest BCUT2D eigenvalue weighted by molar-refractivity contribution is 0.0514. The first-order valence-electron chi connectivity index (χ1n) is 5.90. The zero-order valence-electron chi connectivity index (χ0n) is 9.60. The molecular weight excluding hydrogens is 220 g/mol. The Bertz CT molecular complexity index is 478. The Balaban J connectivity index is 1.81. The summed E-state index contributed by atoms with van der Waals surface area (Å²) in [6.45, 7) is 2.11. The minimum absolute atomic E-state index is 0.241. The third-order valence-corrected chi connectivity index (χ3v) is 3.22. The lowest BCUT2D eigenvalue weighted by Crippen LogP contribution is -2.20. The van der Waals surface area contributed by atoms with Gasteiger partial charge in [-0.05, 0) is 19.8 Å². The second kappa shape index (κ2) is 4.00. The molecule has 2 aliphatic heterocycles. The molecule has 2 bridgehead atoms. The summed E-state index contributed by atoms with van der Waals surface area (Å²) in [6.07, 6.45) is 4.45. The van der Waals surface area contributed by atoms with Crippen molar-refractivity contribution >= 4 is 11.5 Å². The molecule has 0 aliphatic carbocycles. The second-order valence-corrected chi connectivity index (χ2v) is 4.32. The van der Waals surface area contributed by atoms with Crippen LogP contribution in [0.25, 0.3) is 5.57 Å². The molecule has 0 spiro atoms. The number of rotatable bonds is 3. The predicted octanol–water partition coefficient (Wildman–Crippen LogP) is 1.37. The number of ether oxygens (including phenoxy) is 1. The molecule has 90 valence electrons. The molecule has 0 saturated carbocycles. The molecule has 5 heteroatoms. The first kappa shape index (κ1) is 10.5. The maximum absolute atomic E-state index is 11.5. The topological polar surface area (TPSA) is 64.4 Å². The Morgan fingerprint density at radius 2 is 2.53 bits per heavy atom. The summed E-state index contributed by atoms with van der Waals surface area (Å²) < 4.78 is 10.1. The Labute approximate surface area is 98.8 Å². The fraction of sp³-hybridized carbons (Fsp3) is 0.500. The second-order valence-electron chi connectivity index (χ2n) is 4.32. The molecule has 1 N–H and O–H groups in total. The fourth-order valence-corrected chi connectivity index (χ4v) is 2.45. The first-order valence-corrected chi connectivity index (χ1v) is 5.90. The molecule has 3 heterocycles. The van der Waals surface area contributed by atoms with Crippen molar-refractivity contribution < 1.29 is 14.1 Å². The van der Waals surface area contributed by atoms with Gasteiger partial charge in [0.15, 0.2) is 11.5 Å². The third-order valence-electron chi connectivity index (χ3n) is 3.22. The van der Waals surface area contributed by atoms with Crippen LogP contribution in [0.1, 0.15) is 36.0 Å². The molecule has 17 heavy (non-hydrogen) atoms. The van der Waals surface area contributed by atoms with Crippen LogP contribution in [0, 0.1) is 0 Å². The highest BCUT2D eigenvalue weighted by atomic mass is 16.5. The summed E-state index contributed by atoms with van der Waals surface area (Å²) in [7, 11) is 0. The summed E-state index contributed by atoms with van der Waals surface area (Å²) in [5.74, 6) is 0.243. The molecule has 1 aromatic rings. The van der Waals surface area contributed by atoms with Gasteiger partial charge in [0.05, 0.1) is 6.61 Å². The molecule has 1 saturated heterocycles. The van der Waals surface area contributed by atoms with Crippen molar-refractivity contribution in [1.82, 2.24) is 10.5 Å². The number of nitrogens with one attached hydrogen (secondary N) is 1. The van der Waals surface area contributed by atoms with E-state index in [9.17, 15) is 4.79 Å². The molecule has 0 amide bonds. The number of aromatic nitrogens is 1. The van der Waals surface area contributed by atoms with Gasteiger partial charge in [-0.1, -0.05) is 11.2 Å². The van der Waals surface area contributed by atoms with E-state index < -0.39 is 5.97 Å². The van der Waals surface area contributed by atoms with Crippen molar-refractivity contribution in [2.24, 2.45) is 0 Å². The average molecular weight is 234 g/mol. The van der Waals surface area contributed by atoms with Gasteiger partial charge in [-0.15, -0.1) is 0 Å². The average Bonchev–Trinajstić information content (AvgIpc) is 3.05. The van der Waals surface area contributed by atoms with Crippen LogP contribution in [-0.2, 0) is 4.74 Å². The summed E-state index contributed by atoms with van der Waals surface area (Å²) >= 11 is 0. The van der Waals surface area contributed by atoms with Gasteiger partial charge < -0.3 is 14.6 Å². The van der Waals surface area contributed by atoms with Gasteiger partial charge in [0.1, 0.15) is 0 Å². The first-order chi connectivity index (χ1) is 8.28. The highest BCUT2D eigenvalue weighted by Crippen LogP contribution is 2.34. The monoisotopic (exact) mass is 234 g/mol. The van der Waals surface area contributed by atoms with Crippen LogP contribution in [0.4, 0.5) is 0 Å². The van der Waals surface area contributed by atoms with E-state index in [1.807, 2.05) is 0 Å². The van der Waals surface area contributed by atoms with E-state index in [1.54, 1.807) is 13.0 Å². The van der Waals surface area contributed by atoms with Gasteiger partial charge >= 0.3 is 5.97 Å². The number of carbonyl (C=O) groups is 1. The smallest absolute Gasteiger partial charge is 0.360 e. The van der Waals surface area contributed by atoms with Crippen LogP contribution >= 0.6 is 0 Å². The summed E-state index contributed by atoms with van der Waals surface area (Å²) in [5, 5.41) is 7.19. The predicted molar refractivity (Wildman–Crippen MR) is 60.4 cm³/mol. The third kappa shape index (κ3) is 1.76. The number of esters is 1. The molecule has 1 aromatic heterocycles. The largest absolute Gasteiger partial charge is 0.461 e. The van der Waals surface area contributed by atoms with Crippen molar-refractivity contribution in [2.45, 2.75) is 31.8 Å². The number of fused-ring (bicyclic) bond motifs is 2. The molecule has 0 radical (unpaired) electrons. The van der Waals surface area contributed by atoms with Crippen LogP contribution < -0.4 is 5.32 Å². The Hall–Kier alpha value is -1.62. The fourth-order valence-electron chi connectivity index (χ4n) is 2.45. The number of hydrogen-bond acceptors (Lipinski definition) is 5. The van der Waals surface area contributed by atoms with E-state index >= 15 is 0 Å². The number of nitrogens with zero attached hydrogens (tertiary/aromatic N) is 1. The van der Waals surface area contributed by atoms with Crippen LogP contribution in [-0.4, -0.2) is 29.8 Å². The van der Waals surface area contributed by atoms with Gasteiger partial charge in [-0.25, -0.2) is 4.79 Å². The minimum Gasteiger partial charge on any atom is -0.461 e. The van der Waals surface area contributed by atoms with Gasteiger partial charge in [-0.2, -0.15) is 0 Å². The van der Waals surface area contributed by atoms with Crippen molar-refractivity contribution in [3.05, 3.63) is 23.6 Å². The van der Waals surface area contributed by atoms with E-state index in [1.165, 1.54) is 6.42 Å². The van der Waals surface area contributed by atoms with Gasteiger partial charge in [0.2, 0.25) is 0 Å². The number of carbonyl (C=O) groups excluding carboxylic acids is 1. The molecule has 3 rings (SSSR count). The van der Waals surface area contributed by atoms with E-state index in [0.717, 1.165) is 12.0 Å². The van der Waals surface area contributed by atoms with Crippen LogP contribution in [0.2, 0.25) is 0 Å². The highest BCUT2D eigenvalue weighted by molar-refractivity contribution is 5.88. The van der Waals surface area contributed by atoms with Crippen molar-refractivity contribution in [2.75, 3.05) is 6.61 Å². The molecule has 2 unspecified atom stereocenters. The van der Waals surface area contributed by atoms with E-state index in [4.69, 9.17) is 9.26 Å². The van der Waals surface area contributed by atoms with E-state index in [-0.39, 0.29) is 5.69 Å². The van der Waals surface area contributed by atoms with Gasteiger partial charge in [0.25, 0.3) is 0 Å². The number of hydrogen-bond donors (Lipinski definition) is 1. The lowest BCUT2D eigenvalue weighted by atomic mass is 9.97. The van der Waals surface area contributed by atoms with Gasteiger partial charge in [-0.3, -0.25) is 0 Å². The summed E-state index contributed by atoms with van der Waals surface area (Å²) in [6, 6.07) is 2.46. The Morgan fingerprint density at radius 3 is 3.18 bits per heavy atom. The molecule has 0 aromatic carbocycles. The molecule has 5 nitrogen and oxygen atoms in total. The maximum atomic E-state index is 11.5. The summed E-state index contributed by atoms with van der Waals surface area (Å²) in [4.78, 5) is 11.5. The maximum Gasteiger partial charge on any atom is 0.360 e. The van der Waals surface area contributed by atoms with Crippen molar-refractivity contribution in [3.8, 4) is 0 Å². The molecule has 2 atom stereocenters. The minimum atomic E-state index is -0.431. The zero-order chi connectivity index (χ0) is 11.8. The normalized spacial score (nSPS) is 26.1.